The molecule has 4 rings (SSSR count). The van der Waals surface area contributed by atoms with Gasteiger partial charge in [0.2, 0.25) is 0 Å². The number of hydrogen-bond donors (Lipinski definition) is 0. The van der Waals surface area contributed by atoms with E-state index in [-0.39, 0.29) is 12.2 Å². The first-order valence-corrected chi connectivity index (χ1v) is 11.0. The molecule has 0 atom stereocenters. The molecule has 0 bridgehead atoms. The van der Waals surface area contributed by atoms with Gasteiger partial charge < -0.3 is 23.5 Å². The third-order valence-corrected chi connectivity index (χ3v) is 6.56. The summed E-state index contributed by atoms with van der Waals surface area (Å²) in [4.78, 5) is 27.8. The molecular formula is C22H25NO6S. The second-order valence-corrected chi connectivity index (χ2v) is 8.29. The molecule has 0 aliphatic carbocycles. The zero-order chi connectivity index (χ0) is 20.9. The van der Waals surface area contributed by atoms with Crippen molar-refractivity contribution in [3.8, 4) is 0 Å². The minimum atomic E-state index is -0.429. The monoisotopic (exact) mass is 431 g/mol. The van der Waals surface area contributed by atoms with Gasteiger partial charge in [-0.3, -0.25) is 4.79 Å². The van der Waals surface area contributed by atoms with E-state index >= 15 is 0 Å². The Labute approximate surface area is 179 Å². The molecule has 2 aliphatic rings. The second-order valence-electron chi connectivity index (χ2n) is 7.27. The fourth-order valence-corrected chi connectivity index (χ4v) is 4.85. The number of methoxy groups -OCH3 is 1. The number of furan rings is 1. The number of nitrogens with zero attached hydrogens (tertiary/aromatic N) is 1. The molecule has 0 saturated carbocycles. The van der Waals surface area contributed by atoms with E-state index in [1.807, 2.05) is 29.2 Å². The summed E-state index contributed by atoms with van der Waals surface area (Å²) in [6.45, 7) is 2.69. The van der Waals surface area contributed by atoms with E-state index in [4.69, 9.17) is 18.6 Å². The fraction of sp³-hybridized carbons (Fsp3) is 0.455. The van der Waals surface area contributed by atoms with Gasteiger partial charge in [-0.25, -0.2) is 4.79 Å². The predicted molar refractivity (Wildman–Crippen MR) is 110 cm³/mol. The third-order valence-electron chi connectivity index (χ3n) is 5.49. The van der Waals surface area contributed by atoms with Crippen LogP contribution in [-0.2, 0) is 20.0 Å². The number of rotatable bonds is 6. The van der Waals surface area contributed by atoms with Gasteiger partial charge in [0.15, 0.2) is 6.29 Å². The van der Waals surface area contributed by atoms with Gasteiger partial charge in [-0.05, 0) is 31.0 Å². The zero-order valence-electron chi connectivity index (χ0n) is 16.9. The van der Waals surface area contributed by atoms with Crippen LogP contribution < -0.4 is 0 Å². The second kappa shape index (κ2) is 9.68. The molecule has 2 aromatic rings. The Hall–Kier alpha value is -2.29. The summed E-state index contributed by atoms with van der Waals surface area (Å²) < 4.78 is 21.5. The van der Waals surface area contributed by atoms with Crippen LogP contribution in [0.25, 0.3) is 0 Å². The van der Waals surface area contributed by atoms with Crippen molar-refractivity contribution in [1.29, 1.82) is 0 Å². The summed E-state index contributed by atoms with van der Waals surface area (Å²) in [5.74, 6) is 0.905. The lowest BCUT2D eigenvalue weighted by molar-refractivity contribution is -0.0956. The highest BCUT2D eigenvalue weighted by Crippen LogP contribution is 2.31. The highest BCUT2D eigenvalue weighted by atomic mass is 32.2. The standard InChI is InChI=1S/C22H25NO6S/c1-26-21(25)16-8-11-27-18(16)14-30-19-5-3-2-4-17(19)20(24)23-9-6-15(7-10-23)22-28-12-13-29-22/h2-5,8,11,15,22H,6-7,9-10,12-14H2,1H3. The molecule has 0 radical (unpaired) electrons. The largest absolute Gasteiger partial charge is 0.468 e. The van der Waals surface area contributed by atoms with Crippen molar-refractivity contribution in [2.45, 2.75) is 29.8 Å². The van der Waals surface area contributed by atoms with E-state index in [1.165, 1.54) is 25.1 Å². The molecule has 2 aliphatic heterocycles. The van der Waals surface area contributed by atoms with Crippen molar-refractivity contribution < 1.29 is 28.2 Å². The maximum Gasteiger partial charge on any atom is 0.341 e. The molecule has 1 amide bonds. The molecule has 0 N–H and O–H groups in total. The van der Waals surface area contributed by atoms with Crippen molar-refractivity contribution in [2.75, 3.05) is 33.4 Å². The molecule has 1 aromatic carbocycles. The van der Waals surface area contributed by atoms with Gasteiger partial charge in [0, 0.05) is 23.9 Å². The van der Waals surface area contributed by atoms with Crippen LogP contribution in [0, 0.1) is 5.92 Å². The maximum atomic E-state index is 13.2. The Balaban J connectivity index is 1.40. The van der Waals surface area contributed by atoms with E-state index < -0.39 is 5.97 Å². The first-order chi connectivity index (χ1) is 14.7. The number of benzene rings is 1. The van der Waals surface area contributed by atoms with Gasteiger partial charge in [-0.2, -0.15) is 0 Å². The third kappa shape index (κ3) is 4.55. The fourth-order valence-electron chi connectivity index (χ4n) is 3.85. The molecule has 3 heterocycles. The molecule has 1 aromatic heterocycles. The highest BCUT2D eigenvalue weighted by Gasteiger charge is 2.32. The van der Waals surface area contributed by atoms with Gasteiger partial charge in [-0.15, -0.1) is 11.8 Å². The Morgan fingerprint density at radius 3 is 2.57 bits per heavy atom. The topological polar surface area (TPSA) is 78.2 Å². The van der Waals surface area contributed by atoms with E-state index in [9.17, 15) is 9.59 Å². The van der Waals surface area contributed by atoms with Crippen molar-refractivity contribution in [3.05, 3.63) is 53.5 Å². The normalized spacial score (nSPS) is 18.0. The van der Waals surface area contributed by atoms with Crippen LogP contribution in [0.15, 0.2) is 45.9 Å². The number of hydrogen-bond acceptors (Lipinski definition) is 7. The van der Waals surface area contributed by atoms with Crippen LogP contribution in [0.4, 0.5) is 0 Å². The lowest BCUT2D eigenvalue weighted by atomic mass is 9.95. The van der Waals surface area contributed by atoms with Crippen LogP contribution in [0.1, 0.15) is 39.3 Å². The lowest BCUT2D eigenvalue weighted by Crippen LogP contribution is -2.41. The van der Waals surface area contributed by atoms with E-state index in [2.05, 4.69) is 0 Å². The summed E-state index contributed by atoms with van der Waals surface area (Å²) in [5.41, 5.74) is 1.08. The molecule has 8 heteroatoms. The molecular weight excluding hydrogens is 406 g/mol. The first kappa shape index (κ1) is 21.0. The van der Waals surface area contributed by atoms with Gasteiger partial charge in [-0.1, -0.05) is 12.1 Å². The SMILES string of the molecule is COC(=O)c1ccoc1CSc1ccccc1C(=O)N1CCC(C2OCCO2)CC1. The van der Waals surface area contributed by atoms with Crippen LogP contribution in [-0.4, -0.2) is 56.5 Å². The Morgan fingerprint density at radius 2 is 1.83 bits per heavy atom. The van der Waals surface area contributed by atoms with Gasteiger partial charge in [0.1, 0.15) is 11.3 Å². The van der Waals surface area contributed by atoms with Crippen LogP contribution in [0.3, 0.4) is 0 Å². The van der Waals surface area contributed by atoms with E-state index in [0.717, 1.165) is 17.7 Å². The number of carbonyl (C=O) groups excluding carboxylic acids is 2. The van der Waals surface area contributed by atoms with Crippen LogP contribution in [0.2, 0.25) is 0 Å². The summed E-state index contributed by atoms with van der Waals surface area (Å²) in [7, 11) is 1.34. The number of amides is 1. The van der Waals surface area contributed by atoms with Crippen molar-refractivity contribution >= 4 is 23.6 Å². The summed E-state index contributed by atoms with van der Waals surface area (Å²) >= 11 is 1.47. The smallest absolute Gasteiger partial charge is 0.341 e. The number of carbonyl (C=O) groups is 2. The molecule has 7 nitrogen and oxygen atoms in total. The lowest BCUT2D eigenvalue weighted by Gasteiger charge is -2.34. The van der Waals surface area contributed by atoms with Crippen LogP contribution in [0.5, 0.6) is 0 Å². The van der Waals surface area contributed by atoms with E-state index in [0.29, 0.717) is 54.9 Å². The van der Waals surface area contributed by atoms with Crippen molar-refractivity contribution in [3.63, 3.8) is 0 Å². The zero-order valence-corrected chi connectivity index (χ0v) is 17.7. The highest BCUT2D eigenvalue weighted by molar-refractivity contribution is 7.98. The summed E-state index contributed by atoms with van der Waals surface area (Å²) in [6, 6.07) is 9.15. The van der Waals surface area contributed by atoms with Gasteiger partial charge in [0.25, 0.3) is 5.91 Å². The molecule has 0 unspecified atom stereocenters. The average molecular weight is 432 g/mol. The Morgan fingerprint density at radius 1 is 1.10 bits per heavy atom. The number of ether oxygens (including phenoxy) is 3. The Bertz CT molecular complexity index is 883. The minimum absolute atomic E-state index is 0.0254. The predicted octanol–water partition coefficient (Wildman–Crippen LogP) is 3.58. The number of likely N-dealkylation sites (tertiary alicyclic amines) is 1. The molecule has 2 saturated heterocycles. The Kier molecular flexibility index (Phi) is 6.76. The molecule has 2 fully saturated rings. The molecule has 0 spiro atoms. The van der Waals surface area contributed by atoms with Crippen molar-refractivity contribution in [2.24, 2.45) is 5.92 Å². The quantitative estimate of drug-likeness (QED) is 0.511. The molecule has 160 valence electrons. The average Bonchev–Trinajstić information content (AvgIpc) is 3.49. The van der Waals surface area contributed by atoms with Crippen molar-refractivity contribution in [1.82, 2.24) is 4.90 Å². The number of piperidine rings is 1. The summed E-state index contributed by atoms with van der Waals surface area (Å²) in [6.07, 6.45) is 3.10. The van der Waals surface area contributed by atoms with Gasteiger partial charge >= 0.3 is 5.97 Å². The maximum absolute atomic E-state index is 13.2. The number of esters is 1. The number of thioether (sulfide) groups is 1. The van der Waals surface area contributed by atoms with Gasteiger partial charge in [0.05, 0.1) is 37.9 Å². The molecule has 30 heavy (non-hydrogen) atoms. The van der Waals surface area contributed by atoms with E-state index in [1.54, 1.807) is 6.07 Å². The van der Waals surface area contributed by atoms with Crippen LogP contribution >= 0.6 is 11.8 Å². The first-order valence-electron chi connectivity index (χ1n) is 10.1. The minimum Gasteiger partial charge on any atom is -0.468 e. The summed E-state index contributed by atoms with van der Waals surface area (Å²) in [5, 5.41) is 0.